The fourth-order valence-electron chi connectivity index (χ4n) is 2.19. The Morgan fingerprint density at radius 3 is 2.60 bits per heavy atom. The van der Waals surface area contributed by atoms with Crippen molar-refractivity contribution >= 4 is 28.3 Å². The first kappa shape index (κ1) is 18.9. The van der Waals surface area contributed by atoms with Crippen LogP contribution in [0.1, 0.15) is 42.7 Å². The van der Waals surface area contributed by atoms with E-state index in [1.165, 1.54) is 11.3 Å². The fourth-order valence-corrected chi connectivity index (χ4v) is 2.87. The number of benzene rings is 1. The fraction of sp³-hybridized carbons (Fsp3) is 0.389. The number of esters is 1. The second-order valence-electron chi connectivity index (χ2n) is 5.53. The van der Waals surface area contributed by atoms with Crippen LogP contribution >= 0.6 is 11.3 Å². The molecule has 2 rings (SSSR count). The average molecular weight is 361 g/mol. The van der Waals surface area contributed by atoms with Gasteiger partial charge in [-0.3, -0.25) is 4.79 Å². The van der Waals surface area contributed by atoms with Gasteiger partial charge in [-0.25, -0.2) is 9.78 Å². The second-order valence-corrected chi connectivity index (χ2v) is 6.39. The average Bonchev–Trinajstić information content (AvgIpc) is 3.12. The summed E-state index contributed by atoms with van der Waals surface area (Å²) in [5.41, 5.74) is 1.33. The van der Waals surface area contributed by atoms with Crippen molar-refractivity contribution in [3.63, 3.8) is 0 Å². The molecule has 0 fully saturated rings. The van der Waals surface area contributed by atoms with Crippen molar-refractivity contribution in [3.05, 3.63) is 47.0 Å². The topological polar surface area (TPSA) is 80.3 Å². The summed E-state index contributed by atoms with van der Waals surface area (Å²) >= 11 is 1.33. The Labute approximate surface area is 151 Å². The molecule has 2 aromatic rings. The molecule has 0 spiro atoms. The quantitative estimate of drug-likeness (QED) is 0.670. The van der Waals surface area contributed by atoms with Gasteiger partial charge in [-0.05, 0) is 18.4 Å². The normalized spacial score (nSPS) is 10.5. The van der Waals surface area contributed by atoms with Crippen molar-refractivity contribution < 1.29 is 14.3 Å². The Bertz CT molecular complexity index is 684. The minimum atomic E-state index is -0.594. The largest absolute Gasteiger partial charge is 0.451 e. The molecule has 0 unspecified atom stereocenters. The minimum Gasteiger partial charge on any atom is -0.451 e. The number of carbonyl (C=O) groups excluding carboxylic acids is 2. The van der Waals surface area contributed by atoms with Gasteiger partial charge in [0.15, 0.2) is 17.4 Å². The smallest absolute Gasteiger partial charge is 0.358 e. The van der Waals surface area contributed by atoms with E-state index in [1.54, 1.807) is 5.38 Å². The zero-order valence-corrected chi connectivity index (χ0v) is 15.3. The number of anilines is 1. The first-order chi connectivity index (χ1) is 12.1. The third-order valence-corrected chi connectivity index (χ3v) is 4.48. The number of hydrogen-bond acceptors (Lipinski definition) is 6. The lowest BCUT2D eigenvalue weighted by Gasteiger charge is -2.14. The number of nitrogens with one attached hydrogen (secondary N) is 2. The Hall–Kier alpha value is -2.41. The van der Waals surface area contributed by atoms with Gasteiger partial charge < -0.3 is 15.4 Å². The maximum Gasteiger partial charge on any atom is 0.358 e. The molecule has 1 aromatic heterocycles. The van der Waals surface area contributed by atoms with Gasteiger partial charge in [0.05, 0.1) is 0 Å². The number of amides is 1. The number of nitrogens with zero attached hydrogens (tertiary/aromatic N) is 1. The molecule has 6 nitrogen and oxygen atoms in total. The van der Waals surface area contributed by atoms with Crippen molar-refractivity contribution in [2.45, 2.75) is 39.3 Å². The van der Waals surface area contributed by atoms with Crippen LogP contribution in [-0.2, 0) is 16.1 Å². The van der Waals surface area contributed by atoms with Crippen LogP contribution in [0, 0.1) is 0 Å². The minimum absolute atomic E-state index is 0.110. The van der Waals surface area contributed by atoms with Gasteiger partial charge >= 0.3 is 5.97 Å². The molecule has 1 heterocycles. The molecule has 0 aliphatic heterocycles. The van der Waals surface area contributed by atoms with Crippen LogP contribution in [0.15, 0.2) is 35.7 Å². The monoisotopic (exact) mass is 361 g/mol. The number of aromatic nitrogens is 1. The van der Waals surface area contributed by atoms with Crippen LogP contribution in [0.2, 0.25) is 0 Å². The van der Waals surface area contributed by atoms with Gasteiger partial charge in [0, 0.05) is 18.0 Å². The van der Waals surface area contributed by atoms with Gasteiger partial charge in [0.1, 0.15) is 0 Å². The van der Waals surface area contributed by atoms with Crippen molar-refractivity contribution in [3.8, 4) is 0 Å². The highest BCUT2D eigenvalue weighted by Crippen LogP contribution is 2.17. The zero-order valence-electron chi connectivity index (χ0n) is 14.5. The Kier molecular flexibility index (Phi) is 7.40. The molecule has 2 N–H and O–H groups in total. The highest BCUT2D eigenvalue weighted by Gasteiger charge is 2.15. The standard InChI is InChI=1S/C18H23N3O3S/c1-3-14(4-2)20-16(22)11-24-17(23)15-12-25-18(21-15)19-10-13-8-6-5-7-9-13/h5-9,12,14H,3-4,10-11H2,1-2H3,(H,19,21)(H,20,22). The summed E-state index contributed by atoms with van der Waals surface area (Å²) in [6.07, 6.45) is 1.69. The van der Waals surface area contributed by atoms with Gasteiger partial charge in [-0.2, -0.15) is 0 Å². The molecule has 0 saturated carbocycles. The summed E-state index contributed by atoms with van der Waals surface area (Å²) in [6, 6.07) is 10.0. The van der Waals surface area contributed by atoms with E-state index in [4.69, 9.17) is 4.74 Å². The lowest BCUT2D eigenvalue weighted by molar-refractivity contribution is -0.125. The molecule has 25 heavy (non-hydrogen) atoms. The highest BCUT2D eigenvalue weighted by atomic mass is 32.1. The van der Waals surface area contributed by atoms with Gasteiger partial charge in [0.25, 0.3) is 5.91 Å². The van der Waals surface area contributed by atoms with E-state index in [2.05, 4.69) is 15.6 Å². The van der Waals surface area contributed by atoms with Crippen LogP contribution in [-0.4, -0.2) is 29.5 Å². The van der Waals surface area contributed by atoms with E-state index in [-0.39, 0.29) is 24.2 Å². The summed E-state index contributed by atoms with van der Waals surface area (Å²) in [5.74, 6) is -0.886. The third kappa shape index (κ3) is 6.19. The number of carbonyl (C=O) groups is 2. The summed E-state index contributed by atoms with van der Waals surface area (Å²) in [5, 5.41) is 8.24. The SMILES string of the molecule is CCC(CC)NC(=O)COC(=O)c1csc(NCc2ccccc2)n1. The van der Waals surface area contributed by atoms with Crippen molar-refractivity contribution in [1.82, 2.24) is 10.3 Å². The predicted molar refractivity (Wildman–Crippen MR) is 98.7 cm³/mol. The Balaban J connectivity index is 1.78. The van der Waals surface area contributed by atoms with Crippen molar-refractivity contribution in [2.75, 3.05) is 11.9 Å². The Morgan fingerprint density at radius 1 is 1.20 bits per heavy atom. The first-order valence-electron chi connectivity index (χ1n) is 8.32. The molecule has 0 radical (unpaired) electrons. The number of ether oxygens (including phenoxy) is 1. The molecule has 0 bridgehead atoms. The molecule has 0 aliphatic rings. The predicted octanol–water partition coefficient (Wildman–Crippen LogP) is 3.22. The summed E-state index contributed by atoms with van der Waals surface area (Å²) in [4.78, 5) is 27.9. The van der Waals surface area contributed by atoms with Gasteiger partial charge in [0.2, 0.25) is 0 Å². The lowest BCUT2D eigenvalue weighted by atomic mass is 10.2. The molecular formula is C18H23N3O3S. The van der Waals surface area contributed by atoms with Crippen LogP contribution in [0.4, 0.5) is 5.13 Å². The summed E-state index contributed by atoms with van der Waals surface area (Å²) in [6.45, 7) is 4.33. The molecule has 1 amide bonds. The van der Waals surface area contributed by atoms with Crippen molar-refractivity contribution in [1.29, 1.82) is 0 Å². The van der Waals surface area contributed by atoms with E-state index < -0.39 is 5.97 Å². The number of hydrogen-bond donors (Lipinski definition) is 2. The second kappa shape index (κ2) is 9.78. The Morgan fingerprint density at radius 2 is 1.92 bits per heavy atom. The third-order valence-electron chi connectivity index (χ3n) is 3.68. The van der Waals surface area contributed by atoms with E-state index in [0.29, 0.717) is 11.7 Å². The van der Waals surface area contributed by atoms with Crippen LogP contribution in [0.25, 0.3) is 0 Å². The van der Waals surface area contributed by atoms with E-state index >= 15 is 0 Å². The van der Waals surface area contributed by atoms with Crippen molar-refractivity contribution in [2.24, 2.45) is 0 Å². The molecule has 134 valence electrons. The lowest BCUT2D eigenvalue weighted by Crippen LogP contribution is -2.36. The van der Waals surface area contributed by atoms with E-state index in [1.807, 2.05) is 44.2 Å². The maximum absolute atomic E-state index is 12.0. The molecule has 0 aliphatic carbocycles. The summed E-state index contributed by atoms with van der Waals surface area (Å²) in [7, 11) is 0. The molecule has 0 saturated heterocycles. The van der Waals surface area contributed by atoms with E-state index in [9.17, 15) is 9.59 Å². The number of rotatable bonds is 9. The van der Waals surface area contributed by atoms with Crippen LogP contribution in [0.3, 0.4) is 0 Å². The molecular weight excluding hydrogens is 338 g/mol. The molecule has 1 aromatic carbocycles. The van der Waals surface area contributed by atoms with Crippen LogP contribution < -0.4 is 10.6 Å². The van der Waals surface area contributed by atoms with Gasteiger partial charge in [-0.15, -0.1) is 11.3 Å². The first-order valence-corrected chi connectivity index (χ1v) is 9.20. The zero-order chi connectivity index (χ0) is 18.1. The maximum atomic E-state index is 12.0. The van der Waals surface area contributed by atoms with Gasteiger partial charge in [-0.1, -0.05) is 44.2 Å². The molecule has 0 atom stereocenters. The summed E-state index contributed by atoms with van der Waals surface area (Å²) < 4.78 is 5.02. The highest BCUT2D eigenvalue weighted by molar-refractivity contribution is 7.13. The number of thiazole rings is 1. The van der Waals surface area contributed by atoms with E-state index in [0.717, 1.165) is 18.4 Å². The molecule has 7 heteroatoms. The van der Waals surface area contributed by atoms with Crippen LogP contribution in [0.5, 0.6) is 0 Å².